The third kappa shape index (κ3) is 5.00. The van der Waals surface area contributed by atoms with Crippen LogP contribution in [0.1, 0.15) is 28.9 Å². The van der Waals surface area contributed by atoms with Crippen molar-refractivity contribution in [2.24, 2.45) is 0 Å². The van der Waals surface area contributed by atoms with E-state index in [-0.39, 0.29) is 6.04 Å². The molecule has 0 aliphatic rings. The second-order valence-corrected chi connectivity index (χ2v) is 5.26. The van der Waals surface area contributed by atoms with Crippen molar-refractivity contribution in [3.8, 4) is 5.75 Å². The normalized spacial score (nSPS) is 11.5. The van der Waals surface area contributed by atoms with Crippen LogP contribution in [-0.2, 0) is 9.53 Å². The molecule has 0 spiro atoms. The molecular weight excluding hydrogens is 332 g/mol. The van der Waals surface area contributed by atoms with E-state index in [4.69, 9.17) is 9.47 Å². The quantitative estimate of drug-likeness (QED) is 0.815. The van der Waals surface area contributed by atoms with Crippen molar-refractivity contribution in [2.45, 2.75) is 13.0 Å². The standard InChI is InChI=1S/C18H17F2NO4/c1-11(12-3-6-14(24-2)7-4-12)21-17(22)10-25-18(23)15-9-13(19)5-8-16(15)20/h3-9,11H,10H2,1-2H3,(H,21,22)/t11-/m0/s1. The Kier molecular flexibility index (Phi) is 6.05. The van der Waals surface area contributed by atoms with Crippen LogP contribution in [0.15, 0.2) is 42.5 Å². The molecule has 0 saturated carbocycles. The third-order valence-corrected chi connectivity index (χ3v) is 3.48. The average Bonchev–Trinajstić information content (AvgIpc) is 2.61. The highest BCUT2D eigenvalue weighted by molar-refractivity contribution is 5.91. The Labute approximate surface area is 143 Å². The summed E-state index contributed by atoms with van der Waals surface area (Å²) in [5, 5.41) is 2.64. The molecule has 2 aromatic carbocycles. The van der Waals surface area contributed by atoms with Gasteiger partial charge in [-0.2, -0.15) is 0 Å². The van der Waals surface area contributed by atoms with Gasteiger partial charge in [0, 0.05) is 0 Å². The molecule has 2 rings (SSSR count). The van der Waals surface area contributed by atoms with Gasteiger partial charge in [0.2, 0.25) is 0 Å². The van der Waals surface area contributed by atoms with Gasteiger partial charge in [0.15, 0.2) is 6.61 Å². The molecule has 1 N–H and O–H groups in total. The second-order valence-electron chi connectivity index (χ2n) is 5.26. The van der Waals surface area contributed by atoms with Crippen LogP contribution in [-0.4, -0.2) is 25.6 Å². The summed E-state index contributed by atoms with van der Waals surface area (Å²) in [5.74, 6) is -2.67. The van der Waals surface area contributed by atoms with Crippen molar-refractivity contribution in [2.75, 3.05) is 13.7 Å². The van der Waals surface area contributed by atoms with E-state index >= 15 is 0 Å². The van der Waals surface area contributed by atoms with Gasteiger partial charge in [-0.05, 0) is 42.8 Å². The number of carbonyl (C=O) groups excluding carboxylic acids is 2. The van der Waals surface area contributed by atoms with E-state index in [1.165, 1.54) is 0 Å². The summed E-state index contributed by atoms with van der Waals surface area (Å²) >= 11 is 0. The third-order valence-electron chi connectivity index (χ3n) is 3.48. The van der Waals surface area contributed by atoms with Crippen LogP contribution < -0.4 is 10.1 Å². The van der Waals surface area contributed by atoms with Gasteiger partial charge >= 0.3 is 5.97 Å². The Morgan fingerprint density at radius 2 is 1.80 bits per heavy atom. The lowest BCUT2D eigenvalue weighted by molar-refractivity contribution is -0.124. The summed E-state index contributed by atoms with van der Waals surface area (Å²) in [7, 11) is 1.55. The molecule has 7 heteroatoms. The Bertz CT molecular complexity index is 762. The molecule has 0 radical (unpaired) electrons. The fourth-order valence-corrected chi connectivity index (χ4v) is 2.12. The van der Waals surface area contributed by atoms with Crippen LogP contribution in [0.5, 0.6) is 5.75 Å². The van der Waals surface area contributed by atoms with Crippen LogP contribution in [0.2, 0.25) is 0 Å². The van der Waals surface area contributed by atoms with Gasteiger partial charge < -0.3 is 14.8 Å². The summed E-state index contributed by atoms with van der Waals surface area (Å²) in [5.41, 5.74) is 0.271. The van der Waals surface area contributed by atoms with Gasteiger partial charge in [0.25, 0.3) is 5.91 Å². The van der Waals surface area contributed by atoms with E-state index in [2.05, 4.69) is 5.32 Å². The number of carbonyl (C=O) groups is 2. The van der Waals surface area contributed by atoms with Gasteiger partial charge in [0.05, 0.1) is 18.7 Å². The lowest BCUT2D eigenvalue weighted by Crippen LogP contribution is -2.31. The zero-order valence-electron chi connectivity index (χ0n) is 13.7. The molecule has 0 unspecified atom stereocenters. The lowest BCUT2D eigenvalue weighted by atomic mass is 10.1. The number of rotatable bonds is 6. The van der Waals surface area contributed by atoms with Crippen LogP contribution in [0.3, 0.4) is 0 Å². The number of methoxy groups -OCH3 is 1. The van der Waals surface area contributed by atoms with E-state index in [1.807, 2.05) is 0 Å². The molecule has 25 heavy (non-hydrogen) atoms. The maximum atomic E-state index is 13.5. The van der Waals surface area contributed by atoms with Crippen LogP contribution in [0, 0.1) is 11.6 Å². The van der Waals surface area contributed by atoms with E-state index in [0.717, 1.165) is 23.8 Å². The Balaban J connectivity index is 1.89. The molecule has 1 amide bonds. The molecule has 0 fully saturated rings. The summed E-state index contributed by atoms with van der Waals surface area (Å²) in [6.45, 7) is 1.16. The zero-order valence-corrected chi connectivity index (χ0v) is 13.7. The summed E-state index contributed by atoms with van der Waals surface area (Å²) in [6.07, 6.45) is 0. The number of amides is 1. The lowest BCUT2D eigenvalue weighted by Gasteiger charge is -2.15. The first-order valence-corrected chi connectivity index (χ1v) is 7.46. The van der Waals surface area contributed by atoms with Crippen LogP contribution >= 0.6 is 0 Å². The fraction of sp³-hybridized carbons (Fsp3) is 0.222. The molecule has 2 aromatic rings. The highest BCUT2D eigenvalue weighted by Gasteiger charge is 2.17. The first kappa shape index (κ1) is 18.4. The average molecular weight is 349 g/mol. The molecule has 0 saturated heterocycles. The molecule has 132 valence electrons. The second kappa shape index (κ2) is 8.23. The summed E-state index contributed by atoms with van der Waals surface area (Å²) < 4.78 is 36.3. The van der Waals surface area contributed by atoms with E-state index in [0.29, 0.717) is 5.75 Å². The SMILES string of the molecule is COc1ccc([C@H](C)NC(=O)COC(=O)c2cc(F)ccc2F)cc1. The van der Waals surface area contributed by atoms with E-state index in [9.17, 15) is 18.4 Å². The molecular formula is C18H17F2NO4. The number of hydrogen-bond acceptors (Lipinski definition) is 4. The maximum absolute atomic E-state index is 13.5. The number of hydrogen-bond donors (Lipinski definition) is 1. The van der Waals surface area contributed by atoms with Gasteiger partial charge in [-0.25, -0.2) is 13.6 Å². The van der Waals surface area contributed by atoms with E-state index < -0.39 is 35.7 Å². The number of ether oxygens (including phenoxy) is 2. The number of benzene rings is 2. The summed E-state index contributed by atoms with van der Waals surface area (Å²) in [6, 6.07) is 9.18. The summed E-state index contributed by atoms with van der Waals surface area (Å²) in [4.78, 5) is 23.6. The predicted octanol–water partition coefficient (Wildman–Crippen LogP) is 3.01. The largest absolute Gasteiger partial charge is 0.497 e. The van der Waals surface area contributed by atoms with Gasteiger partial charge in [-0.15, -0.1) is 0 Å². The first-order valence-electron chi connectivity index (χ1n) is 7.46. The Hall–Kier alpha value is -2.96. The molecule has 0 heterocycles. The van der Waals surface area contributed by atoms with Gasteiger partial charge in [-0.1, -0.05) is 12.1 Å². The smallest absolute Gasteiger partial charge is 0.341 e. The Morgan fingerprint density at radius 3 is 2.44 bits per heavy atom. The maximum Gasteiger partial charge on any atom is 0.341 e. The molecule has 0 bridgehead atoms. The Morgan fingerprint density at radius 1 is 1.12 bits per heavy atom. The van der Waals surface area contributed by atoms with E-state index in [1.54, 1.807) is 38.3 Å². The molecule has 0 aromatic heterocycles. The van der Waals surface area contributed by atoms with Crippen molar-refractivity contribution in [1.29, 1.82) is 0 Å². The van der Waals surface area contributed by atoms with Gasteiger partial charge in [0.1, 0.15) is 17.4 Å². The highest BCUT2D eigenvalue weighted by Crippen LogP contribution is 2.17. The monoisotopic (exact) mass is 349 g/mol. The topological polar surface area (TPSA) is 64.6 Å². The minimum Gasteiger partial charge on any atom is -0.497 e. The van der Waals surface area contributed by atoms with Crippen molar-refractivity contribution < 1.29 is 27.8 Å². The van der Waals surface area contributed by atoms with Crippen LogP contribution in [0.4, 0.5) is 8.78 Å². The predicted molar refractivity (Wildman–Crippen MR) is 86.2 cm³/mol. The molecule has 1 atom stereocenters. The number of halogens is 2. The number of nitrogens with one attached hydrogen (secondary N) is 1. The van der Waals surface area contributed by atoms with Crippen molar-refractivity contribution in [3.05, 3.63) is 65.2 Å². The minimum atomic E-state index is -1.11. The van der Waals surface area contributed by atoms with Crippen LogP contribution in [0.25, 0.3) is 0 Å². The fourth-order valence-electron chi connectivity index (χ4n) is 2.12. The zero-order chi connectivity index (χ0) is 18.4. The van der Waals surface area contributed by atoms with Gasteiger partial charge in [-0.3, -0.25) is 4.79 Å². The number of esters is 1. The molecule has 0 aliphatic heterocycles. The van der Waals surface area contributed by atoms with Crippen molar-refractivity contribution >= 4 is 11.9 Å². The first-order chi connectivity index (χ1) is 11.9. The molecule has 0 aliphatic carbocycles. The molecule has 5 nitrogen and oxygen atoms in total. The minimum absolute atomic E-state index is 0.331. The van der Waals surface area contributed by atoms with Crippen molar-refractivity contribution in [3.63, 3.8) is 0 Å². The van der Waals surface area contributed by atoms with Crippen molar-refractivity contribution in [1.82, 2.24) is 5.32 Å². The highest BCUT2D eigenvalue weighted by atomic mass is 19.1.